The van der Waals surface area contributed by atoms with Gasteiger partial charge in [-0.25, -0.2) is 4.90 Å². The third kappa shape index (κ3) is 14.4. The fourth-order valence-corrected chi connectivity index (χ4v) is 11.4. The number of hydrogen-bond donors (Lipinski definition) is 16. The number of aliphatic hydroxyl groups excluding tert-OH is 4. The lowest BCUT2D eigenvalue weighted by atomic mass is 10.0. The molecule has 20 N–H and O–H groups in total. The van der Waals surface area contributed by atoms with Crippen LogP contribution in [-0.2, 0) is 76.8 Å². The maximum atomic E-state index is 11.4. The van der Waals surface area contributed by atoms with E-state index >= 15 is 0 Å². The number of nitrogens with two attached hydrogens (primary N) is 4. The summed E-state index contributed by atoms with van der Waals surface area (Å²) < 4.78 is 52.3. The van der Waals surface area contributed by atoms with Gasteiger partial charge in [-0.1, -0.05) is 6.92 Å². The van der Waals surface area contributed by atoms with Crippen LogP contribution in [0.4, 0.5) is 0 Å². The zero-order valence-electron chi connectivity index (χ0n) is 34.4. The van der Waals surface area contributed by atoms with E-state index in [1.165, 1.54) is 12.0 Å². The predicted octanol–water partition coefficient (Wildman–Crippen LogP) is -4.31. The number of nitrogens with one attached hydrogen (secondary N) is 5. The fourth-order valence-electron chi connectivity index (χ4n) is 7.81. The maximum Gasteiger partial charge on any atom is 0.324 e. The fraction of sp³-hybridized carbons (Fsp3) is 0.871. The molecule has 6 heterocycles. The number of rotatable bonds is 19. The van der Waals surface area contributed by atoms with Crippen molar-refractivity contribution in [3.63, 3.8) is 0 Å². The average molecular weight is 1020 g/mol. The Morgan fingerprint density at radius 1 is 0.714 bits per heavy atom. The number of nitrogens with zero attached hydrogens (tertiary/aromatic N) is 1. The monoisotopic (exact) mass is 1020 g/mol. The lowest BCUT2D eigenvalue weighted by Crippen LogP contribution is -2.59. The van der Waals surface area contributed by atoms with Gasteiger partial charge in [0, 0.05) is 50.7 Å². The Labute approximate surface area is 379 Å². The molecule has 6 rings (SSSR count). The summed E-state index contributed by atoms with van der Waals surface area (Å²) in [6, 6.07) is 0. The van der Waals surface area contributed by atoms with E-state index in [2.05, 4.69) is 26.6 Å². The van der Waals surface area contributed by atoms with Crippen LogP contribution in [0.1, 0.15) is 45.4 Å². The van der Waals surface area contributed by atoms with E-state index in [1.54, 1.807) is 0 Å². The highest BCUT2D eigenvalue weighted by molar-refractivity contribution is 8.07. The highest BCUT2D eigenvalue weighted by atomic mass is 32.5. The van der Waals surface area contributed by atoms with Crippen LogP contribution in [0, 0.1) is 5.92 Å². The Bertz CT molecular complexity index is 1810. The van der Waals surface area contributed by atoms with Gasteiger partial charge in [0.05, 0.1) is 61.9 Å². The topological polar surface area (TPSA) is 392 Å². The third-order valence-corrected chi connectivity index (χ3v) is 16.0. The van der Waals surface area contributed by atoms with E-state index in [4.69, 9.17) is 99.7 Å². The molecule has 0 spiro atoms. The highest BCUT2D eigenvalue weighted by Gasteiger charge is 2.47. The normalized spacial score (nSPS) is 41.0. The van der Waals surface area contributed by atoms with Crippen LogP contribution in [0.2, 0.25) is 0 Å². The van der Waals surface area contributed by atoms with Gasteiger partial charge < -0.3 is 110 Å². The van der Waals surface area contributed by atoms with Crippen molar-refractivity contribution >= 4 is 55.6 Å². The number of hydrogen-bond acceptors (Lipinski definition) is 26. The summed E-state index contributed by atoms with van der Waals surface area (Å²) in [5.41, 5.74) is 25.5. The summed E-state index contributed by atoms with van der Waals surface area (Å²) in [6.07, 6.45) is -11.0. The van der Waals surface area contributed by atoms with E-state index < -0.39 is 113 Å². The van der Waals surface area contributed by atoms with E-state index in [1.807, 2.05) is 6.92 Å². The molecule has 364 valence electrons. The molecular weight excluding hydrogens is 958 g/mol. The van der Waals surface area contributed by atoms with Gasteiger partial charge in [0.25, 0.3) is 0 Å². The second-order valence-electron chi connectivity index (χ2n) is 15.9. The van der Waals surface area contributed by atoms with Crippen LogP contribution in [0.3, 0.4) is 0 Å². The minimum atomic E-state index is -4.18. The molecule has 0 bridgehead atoms. The largest absolute Gasteiger partial charge is 0.397 e. The molecule has 18 atom stereocenters. The summed E-state index contributed by atoms with van der Waals surface area (Å²) in [6.45, 7) is -10.6. The molecule has 0 aromatic rings. The van der Waals surface area contributed by atoms with Gasteiger partial charge in [0.2, 0.25) is 0 Å². The Morgan fingerprint density at radius 3 is 1.73 bits per heavy atom. The van der Waals surface area contributed by atoms with Crippen LogP contribution in [0.25, 0.3) is 0 Å². The quantitative estimate of drug-likeness (QED) is 0.0544. The second-order valence-corrected chi connectivity index (χ2v) is 24.4. The molecule has 26 nitrogen and oxygen atoms in total. The zero-order chi connectivity index (χ0) is 46.0. The van der Waals surface area contributed by atoms with Gasteiger partial charge in [-0.3, -0.25) is 16.0 Å². The van der Waals surface area contributed by atoms with Crippen molar-refractivity contribution < 1.29 is 76.5 Å². The molecule has 0 aliphatic carbocycles. The molecule has 4 saturated heterocycles. The van der Waals surface area contributed by atoms with Crippen molar-refractivity contribution in [2.24, 2.45) is 28.9 Å². The molecule has 0 saturated carbocycles. The average Bonchev–Trinajstić information content (AvgIpc) is 3.88. The Balaban J connectivity index is 1.10. The molecule has 32 heteroatoms. The summed E-state index contributed by atoms with van der Waals surface area (Å²) in [4.78, 5) is 34.5. The molecule has 6 aliphatic heterocycles. The first kappa shape index (κ1) is 52.1. The first-order valence-electron chi connectivity index (χ1n) is 20.1. The highest BCUT2D eigenvalue weighted by Crippen LogP contribution is 2.52. The van der Waals surface area contributed by atoms with Crippen LogP contribution < -0.4 is 49.5 Å². The van der Waals surface area contributed by atoms with Gasteiger partial charge in [-0.05, 0) is 54.2 Å². The number of ether oxygens (including phenoxy) is 3. The Morgan fingerprint density at radius 2 is 1.19 bits per heavy atom. The van der Waals surface area contributed by atoms with Gasteiger partial charge in [0.15, 0.2) is 6.35 Å². The first-order valence-corrected chi connectivity index (χ1v) is 27.9. The molecule has 0 radical (unpaired) electrons. The molecular formula is C31H61N10O16P3S3. The van der Waals surface area contributed by atoms with Gasteiger partial charge >= 0.3 is 20.2 Å². The molecule has 0 amide bonds. The standard InChI is InChI=1S/C31H61N10O16P3S3/c1-13-5-24(36-14-6-21(32)38-29(43)27(14)34)53-18(13)10-51-59(47,62)56-16-8-25(37-15-7-22(33)39-30(44)28(15)35)54-19(16)11-52-60(48,63)57-17-9-26(41-4-3-23(42)40-31(41)45)55-20(17)12-50-58(46,61)49-2/h13,16-26,29-31,36-40,42-45H,3-12,32-35H2,1-2H3,(H,46,61)(H,47,62)(H,48,63)/t13-,16-,17-,18-,19-,20-,21?,22?,23?,24-,25-,26-,29?,30?,31?,58?,59?,60?/m1/s1. The van der Waals surface area contributed by atoms with Crippen molar-refractivity contribution in [2.45, 2.75) is 132 Å². The maximum absolute atomic E-state index is 11.4. The van der Waals surface area contributed by atoms with Crippen molar-refractivity contribution in [1.29, 1.82) is 0 Å². The van der Waals surface area contributed by atoms with Crippen LogP contribution in [0.15, 0.2) is 22.8 Å². The van der Waals surface area contributed by atoms with Crippen molar-refractivity contribution in [3.8, 4) is 0 Å². The summed E-state index contributed by atoms with van der Waals surface area (Å²) in [5.74, 6) is -0.0613. The van der Waals surface area contributed by atoms with Gasteiger partial charge in [0.1, 0.15) is 49.6 Å². The van der Waals surface area contributed by atoms with Crippen LogP contribution in [-0.4, -0.2) is 160 Å². The Hall–Kier alpha value is -0.250. The van der Waals surface area contributed by atoms with E-state index in [-0.39, 0.29) is 62.8 Å². The predicted molar refractivity (Wildman–Crippen MR) is 232 cm³/mol. The van der Waals surface area contributed by atoms with Crippen molar-refractivity contribution in [3.05, 3.63) is 22.8 Å². The summed E-state index contributed by atoms with van der Waals surface area (Å²) >= 11 is 15.8. The zero-order valence-corrected chi connectivity index (χ0v) is 39.5. The lowest BCUT2D eigenvalue weighted by molar-refractivity contribution is -0.175. The molecule has 0 aromatic heterocycles. The summed E-state index contributed by atoms with van der Waals surface area (Å²) in [7, 11) is 1.18. The minimum absolute atomic E-state index is 0.0355. The number of aliphatic hydroxyl groups is 4. The molecule has 0 aromatic carbocycles. The van der Waals surface area contributed by atoms with Gasteiger partial charge in [-0.2, -0.15) is 0 Å². The minimum Gasteiger partial charge on any atom is -0.397 e. The third-order valence-electron chi connectivity index (χ3n) is 11.1. The first-order chi connectivity index (χ1) is 29.5. The SMILES string of the molecule is COP(O)(=S)OC[C@H]1O[C@@H](N2CCC(O)NC2O)C[C@H]1OP(O)(=S)OC[C@H]1O[C@@H](NC2=C(N)C(O)NC(N)C2)C[C@H]1OP(O)(=S)OC[C@H]1O[C@@H](NC2=C(N)C(O)NC(N)C2)C[C@H]1C. The van der Waals surface area contributed by atoms with Gasteiger partial charge in [-0.15, -0.1) is 0 Å². The molecule has 6 aliphatic rings. The molecule has 4 fully saturated rings. The van der Waals surface area contributed by atoms with E-state index in [0.717, 1.165) is 0 Å². The van der Waals surface area contributed by atoms with E-state index in [0.29, 0.717) is 24.2 Å². The second kappa shape index (κ2) is 22.0. The Kier molecular flexibility index (Phi) is 18.2. The molecule has 63 heavy (non-hydrogen) atoms. The van der Waals surface area contributed by atoms with Crippen LogP contribution in [0.5, 0.6) is 0 Å². The van der Waals surface area contributed by atoms with Crippen molar-refractivity contribution in [1.82, 2.24) is 31.5 Å². The molecule has 9 unspecified atom stereocenters. The van der Waals surface area contributed by atoms with Crippen LogP contribution >= 0.6 is 20.2 Å². The lowest BCUT2D eigenvalue weighted by Gasteiger charge is -2.38. The van der Waals surface area contributed by atoms with E-state index in [9.17, 15) is 35.1 Å². The van der Waals surface area contributed by atoms with Crippen molar-refractivity contribution in [2.75, 3.05) is 33.5 Å². The summed E-state index contributed by atoms with van der Waals surface area (Å²) in [5, 5.41) is 55.4. The smallest absolute Gasteiger partial charge is 0.324 e.